The Bertz CT molecular complexity index is 1470. The van der Waals surface area contributed by atoms with Gasteiger partial charge in [-0.15, -0.1) is 11.8 Å². The lowest BCUT2D eigenvalue weighted by Gasteiger charge is -2.15. The monoisotopic (exact) mass is 584 g/mol. The van der Waals surface area contributed by atoms with Crippen molar-refractivity contribution >= 4 is 47.4 Å². The fraction of sp³-hybridized carbons (Fsp3) is 0.429. The summed E-state index contributed by atoms with van der Waals surface area (Å²) in [4.78, 5) is 30.0. The molecule has 0 aliphatic carbocycles. The van der Waals surface area contributed by atoms with Crippen molar-refractivity contribution in [2.75, 3.05) is 13.2 Å². The minimum Gasteiger partial charge on any atom is -0.465 e. The van der Waals surface area contributed by atoms with E-state index in [1.807, 2.05) is 37.4 Å². The lowest BCUT2D eigenvalue weighted by molar-refractivity contribution is -0.142. The SMILES string of the molecule is CCOC(=O)C(C)Sc1ccc(-n2ccc(C(C)c3ccc4c(c3)sc(=O)n4COCC[Si](C)(C)C)n2)nc1. The van der Waals surface area contributed by atoms with Crippen LogP contribution in [-0.4, -0.2) is 51.8 Å². The smallest absolute Gasteiger partial charge is 0.319 e. The zero-order chi connectivity index (χ0) is 28.2. The summed E-state index contributed by atoms with van der Waals surface area (Å²) in [7, 11) is -1.17. The van der Waals surface area contributed by atoms with Gasteiger partial charge in [-0.2, -0.15) is 5.10 Å². The molecule has 208 valence electrons. The number of hydrogen-bond donors (Lipinski definition) is 0. The standard InChI is InChI=1S/C28H36N4O4S2Si/c1-7-36-27(33)20(3)37-22-9-11-26(29-17-22)32-13-12-23(30-32)19(2)21-8-10-24-25(16-21)38-28(34)31(24)18-35-14-15-39(4,5)6/h8-13,16-17,19-20H,7,14-15,18H2,1-6H3. The van der Waals surface area contributed by atoms with Gasteiger partial charge >= 0.3 is 10.8 Å². The van der Waals surface area contributed by atoms with Crippen molar-refractivity contribution in [1.29, 1.82) is 0 Å². The summed E-state index contributed by atoms with van der Waals surface area (Å²) in [5.74, 6) is 0.501. The Morgan fingerprint density at radius 1 is 1.15 bits per heavy atom. The molecule has 3 aromatic heterocycles. The average Bonchev–Trinajstić information content (AvgIpc) is 3.50. The fourth-order valence-electron chi connectivity index (χ4n) is 3.97. The molecule has 2 atom stereocenters. The van der Waals surface area contributed by atoms with Crippen molar-refractivity contribution in [3.63, 3.8) is 0 Å². The van der Waals surface area contributed by atoms with Crippen LogP contribution >= 0.6 is 23.1 Å². The molecule has 0 bridgehead atoms. The molecule has 3 heterocycles. The maximum atomic E-state index is 12.6. The molecule has 0 spiro atoms. The number of ether oxygens (including phenoxy) is 2. The second kappa shape index (κ2) is 12.6. The van der Waals surface area contributed by atoms with Crippen LogP contribution < -0.4 is 4.87 Å². The van der Waals surface area contributed by atoms with Gasteiger partial charge in [0.2, 0.25) is 0 Å². The van der Waals surface area contributed by atoms with Crippen molar-refractivity contribution in [1.82, 2.24) is 19.3 Å². The molecule has 0 aliphatic rings. The van der Waals surface area contributed by atoms with E-state index < -0.39 is 8.07 Å². The van der Waals surface area contributed by atoms with Crippen molar-refractivity contribution in [2.45, 2.75) is 69.3 Å². The highest BCUT2D eigenvalue weighted by molar-refractivity contribution is 8.00. The largest absolute Gasteiger partial charge is 0.465 e. The number of hydrogen-bond acceptors (Lipinski definition) is 8. The summed E-state index contributed by atoms with van der Waals surface area (Å²) in [6.07, 6.45) is 3.64. The Labute approximate surface area is 238 Å². The maximum absolute atomic E-state index is 12.6. The lowest BCUT2D eigenvalue weighted by atomic mass is 9.98. The molecule has 11 heteroatoms. The number of thioether (sulfide) groups is 1. The van der Waals surface area contributed by atoms with Crippen LogP contribution in [0, 0.1) is 0 Å². The zero-order valence-electron chi connectivity index (χ0n) is 23.3. The van der Waals surface area contributed by atoms with Crippen LogP contribution in [0.15, 0.2) is 58.5 Å². The van der Waals surface area contributed by atoms with Crippen LogP contribution in [0.1, 0.15) is 37.9 Å². The number of nitrogens with zero attached hydrogens (tertiary/aromatic N) is 4. The first-order chi connectivity index (χ1) is 18.6. The molecule has 0 amide bonds. The quantitative estimate of drug-likeness (QED) is 0.0854. The third kappa shape index (κ3) is 7.47. The van der Waals surface area contributed by atoms with Crippen LogP contribution in [0.25, 0.3) is 16.0 Å². The number of rotatable bonds is 12. The molecule has 0 aliphatic heterocycles. The Balaban J connectivity index is 1.43. The molecular formula is C28H36N4O4S2Si. The van der Waals surface area contributed by atoms with E-state index in [4.69, 9.17) is 14.6 Å². The average molecular weight is 585 g/mol. The Hall–Kier alpha value is -2.73. The van der Waals surface area contributed by atoms with Gasteiger partial charge in [0.05, 0.1) is 22.5 Å². The van der Waals surface area contributed by atoms with Gasteiger partial charge in [-0.05, 0) is 55.8 Å². The summed E-state index contributed by atoms with van der Waals surface area (Å²) in [6.45, 7) is 14.0. The number of pyridine rings is 1. The Morgan fingerprint density at radius 3 is 2.64 bits per heavy atom. The Morgan fingerprint density at radius 2 is 1.95 bits per heavy atom. The molecule has 39 heavy (non-hydrogen) atoms. The van der Waals surface area contributed by atoms with E-state index in [9.17, 15) is 9.59 Å². The number of thiazole rings is 1. The minimum absolute atomic E-state index is 0.00332. The van der Waals surface area contributed by atoms with Gasteiger partial charge in [-0.25, -0.2) is 9.67 Å². The molecule has 2 unspecified atom stereocenters. The van der Waals surface area contributed by atoms with Crippen molar-refractivity contribution in [3.8, 4) is 5.82 Å². The molecule has 0 fully saturated rings. The van der Waals surface area contributed by atoms with Crippen LogP contribution in [0.3, 0.4) is 0 Å². The second-order valence-corrected chi connectivity index (χ2v) is 18.7. The number of carbonyl (C=O) groups is 1. The highest BCUT2D eigenvalue weighted by Crippen LogP contribution is 2.28. The summed E-state index contributed by atoms with van der Waals surface area (Å²) < 4.78 is 15.3. The van der Waals surface area contributed by atoms with Gasteiger partial charge in [0.1, 0.15) is 12.0 Å². The molecule has 1 aromatic carbocycles. The molecular weight excluding hydrogens is 549 g/mol. The van der Waals surface area contributed by atoms with E-state index in [0.29, 0.717) is 19.0 Å². The van der Waals surface area contributed by atoms with Crippen molar-refractivity contribution in [2.24, 2.45) is 0 Å². The number of benzene rings is 1. The van der Waals surface area contributed by atoms with Gasteiger partial charge in [-0.3, -0.25) is 14.2 Å². The topological polar surface area (TPSA) is 88.2 Å². The summed E-state index contributed by atoms with van der Waals surface area (Å²) in [5.41, 5.74) is 2.90. The zero-order valence-corrected chi connectivity index (χ0v) is 26.0. The number of fused-ring (bicyclic) bond motifs is 1. The highest BCUT2D eigenvalue weighted by atomic mass is 32.2. The normalized spacial score (nSPS) is 13.5. The predicted molar refractivity (Wildman–Crippen MR) is 161 cm³/mol. The van der Waals surface area contributed by atoms with Crippen molar-refractivity contribution < 1.29 is 14.3 Å². The molecule has 4 rings (SSSR count). The van der Waals surface area contributed by atoms with Crippen LogP contribution in [0.5, 0.6) is 0 Å². The first-order valence-electron chi connectivity index (χ1n) is 13.1. The van der Waals surface area contributed by atoms with E-state index >= 15 is 0 Å². The molecule has 8 nitrogen and oxygen atoms in total. The third-order valence-electron chi connectivity index (χ3n) is 6.35. The molecule has 4 aromatic rings. The number of esters is 1. The van der Waals surface area contributed by atoms with Gasteiger partial charge in [0.15, 0.2) is 5.82 Å². The molecule has 0 saturated carbocycles. The Kier molecular flexibility index (Phi) is 9.47. The lowest BCUT2D eigenvalue weighted by Crippen LogP contribution is -2.23. The fourth-order valence-corrected chi connectivity index (χ4v) is 6.48. The van der Waals surface area contributed by atoms with E-state index in [-0.39, 0.29) is 28.7 Å². The number of carbonyl (C=O) groups excluding carboxylic acids is 1. The van der Waals surface area contributed by atoms with Gasteiger partial charge in [-0.1, -0.05) is 44.0 Å². The van der Waals surface area contributed by atoms with Crippen LogP contribution in [0.2, 0.25) is 25.7 Å². The van der Waals surface area contributed by atoms with Crippen LogP contribution in [-0.2, 0) is 21.0 Å². The van der Waals surface area contributed by atoms with E-state index in [1.54, 1.807) is 22.4 Å². The van der Waals surface area contributed by atoms with Crippen molar-refractivity contribution in [3.05, 3.63) is 69.7 Å². The summed E-state index contributed by atoms with van der Waals surface area (Å²) >= 11 is 2.67. The van der Waals surface area contributed by atoms with E-state index in [0.717, 1.165) is 32.4 Å². The second-order valence-electron chi connectivity index (χ2n) is 10.6. The van der Waals surface area contributed by atoms with E-state index in [2.05, 4.69) is 43.7 Å². The first kappa shape index (κ1) is 29.3. The molecule has 0 saturated heterocycles. The predicted octanol–water partition coefficient (Wildman–Crippen LogP) is 6.15. The van der Waals surface area contributed by atoms with Gasteiger partial charge < -0.3 is 9.47 Å². The third-order valence-corrected chi connectivity index (χ3v) is 10.1. The molecule has 0 radical (unpaired) electrons. The molecule has 0 N–H and O–H groups in total. The van der Waals surface area contributed by atoms with E-state index in [1.165, 1.54) is 23.1 Å². The van der Waals surface area contributed by atoms with Crippen LogP contribution in [0.4, 0.5) is 0 Å². The van der Waals surface area contributed by atoms with Gasteiger partial charge in [0.25, 0.3) is 0 Å². The van der Waals surface area contributed by atoms with Gasteiger partial charge in [0, 0.05) is 37.9 Å². The summed E-state index contributed by atoms with van der Waals surface area (Å²) in [5, 5.41) is 4.46. The minimum atomic E-state index is -1.17. The maximum Gasteiger partial charge on any atom is 0.319 e. The summed E-state index contributed by atoms with van der Waals surface area (Å²) in [6, 6.07) is 13.0. The number of aromatic nitrogens is 4. The first-order valence-corrected chi connectivity index (χ1v) is 18.5. The highest BCUT2D eigenvalue weighted by Gasteiger charge is 2.18.